The molecule has 1 atom stereocenters. The van der Waals surface area contributed by atoms with E-state index in [1.807, 2.05) is 0 Å². The van der Waals surface area contributed by atoms with Crippen LogP contribution in [0.3, 0.4) is 0 Å². The van der Waals surface area contributed by atoms with Gasteiger partial charge in [-0.15, -0.1) is 13.2 Å². The lowest BCUT2D eigenvalue weighted by Crippen LogP contribution is -2.17. The number of ether oxygens (including phenoxy) is 1. The minimum Gasteiger partial charge on any atom is -0.406 e. The fourth-order valence-corrected chi connectivity index (χ4v) is 1.68. The highest BCUT2D eigenvalue weighted by Crippen LogP contribution is 2.26. The number of hydrogen-bond donors (Lipinski definition) is 1. The standard InChI is InChI=1S/C10H11F3O2S/c1-16-6-9(14)7-3-2-4-8(5-7)15-10(11,12)13/h2-5,9,14H,6H2,1H3. The summed E-state index contributed by atoms with van der Waals surface area (Å²) in [4.78, 5) is 0. The summed E-state index contributed by atoms with van der Waals surface area (Å²) in [5, 5.41) is 9.59. The van der Waals surface area contributed by atoms with Gasteiger partial charge in [0.1, 0.15) is 5.75 Å². The molecule has 0 saturated heterocycles. The second kappa shape index (κ2) is 5.45. The Kier molecular flexibility index (Phi) is 4.49. The highest BCUT2D eigenvalue weighted by molar-refractivity contribution is 7.98. The van der Waals surface area contributed by atoms with Gasteiger partial charge in [0.05, 0.1) is 6.10 Å². The van der Waals surface area contributed by atoms with Gasteiger partial charge >= 0.3 is 6.36 Å². The molecule has 0 bridgehead atoms. The van der Waals surface area contributed by atoms with E-state index in [1.54, 1.807) is 12.3 Å². The molecule has 6 heteroatoms. The molecule has 1 aromatic rings. The van der Waals surface area contributed by atoms with Gasteiger partial charge in [-0.2, -0.15) is 11.8 Å². The Morgan fingerprint density at radius 2 is 2.12 bits per heavy atom. The third-order valence-electron chi connectivity index (χ3n) is 1.80. The first-order valence-corrected chi connectivity index (χ1v) is 5.84. The largest absolute Gasteiger partial charge is 0.573 e. The quantitative estimate of drug-likeness (QED) is 0.893. The molecule has 0 saturated carbocycles. The van der Waals surface area contributed by atoms with Crippen molar-refractivity contribution in [2.45, 2.75) is 12.5 Å². The van der Waals surface area contributed by atoms with Crippen molar-refractivity contribution in [1.82, 2.24) is 0 Å². The second-order valence-corrected chi connectivity index (χ2v) is 4.00. The molecule has 2 nitrogen and oxygen atoms in total. The first kappa shape index (κ1) is 13.2. The Morgan fingerprint density at radius 1 is 1.44 bits per heavy atom. The number of halogens is 3. The van der Waals surface area contributed by atoms with Crippen molar-refractivity contribution in [3.8, 4) is 5.75 Å². The van der Waals surface area contributed by atoms with Crippen LogP contribution in [0.5, 0.6) is 5.75 Å². The first-order valence-electron chi connectivity index (χ1n) is 4.45. The highest BCUT2D eigenvalue weighted by atomic mass is 32.2. The number of aliphatic hydroxyl groups is 1. The molecule has 0 fully saturated rings. The van der Waals surface area contributed by atoms with Crippen molar-refractivity contribution in [2.24, 2.45) is 0 Å². The summed E-state index contributed by atoms with van der Waals surface area (Å²) < 4.78 is 39.6. The van der Waals surface area contributed by atoms with Crippen LogP contribution in [-0.4, -0.2) is 23.5 Å². The van der Waals surface area contributed by atoms with Gasteiger partial charge in [0, 0.05) is 5.75 Å². The van der Waals surface area contributed by atoms with E-state index in [1.165, 1.54) is 30.0 Å². The Bertz CT molecular complexity index is 341. The number of rotatable bonds is 4. The van der Waals surface area contributed by atoms with Crippen molar-refractivity contribution < 1.29 is 23.0 Å². The molecule has 1 unspecified atom stereocenters. The zero-order chi connectivity index (χ0) is 12.2. The molecule has 1 N–H and O–H groups in total. The smallest absolute Gasteiger partial charge is 0.406 e. The number of hydrogen-bond acceptors (Lipinski definition) is 3. The summed E-state index contributed by atoms with van der Waals surface area (Å²) >= 11 is 1.41. The topological polar surface area (TPSA) is 29.5 Å². The van der Waals surface area contributed by atoms with Gasteiger partial charge in [-0.1, -0.05) is 12.1 Å². The first-order chi connectivity index (χ1) is 7.42. The van der Waals surface area contributed by atoms with Crippen LogP contribution in [0, 0.1) is 0 Å². The number of aliphatic hydroxyl groups excluding tert-OH is 1. The number of thioether (sulfide) groups is 1. The molecule has 90 valence electrons. The van der Waals surface area contributed by atoms with Crippen LogP contribution < -0.4 is 4.74 Å². The van der Waals surface area contributed by atoms with E-state index in [0.717, 1.165) is 0 Å². The van der Waals surface area contributed by atoms with E-state index in [2.05, 4.69) is 4.74 Å². The summed E-state index contributed by atoms with van der Waals surface area (Å²) in [5.74, 6) is 0.111. The lowest BCUT2D eigenvalue weighted by Gasteiger charge is -2.12. The molecular formula is C10H11F3O2S. The van der Waals surface area contributed by atoms with Crippen LogP contribution in [0.4, 0.5) is 13.2 Å². The van der Waals surface area contributed by atoms with Crippen molar-refractivity contribution in [2.75, 3.05) is 12.0 Å². The maximum Gasteiger partial charge on any atom is 0.573 e. The van der Waals surface area contributed by atoms with Gasteiger partial charge in [-0.25, -0.2) is 0 Å². The molecule has 1 aromatic carbocycles. The molecule has 0 aromatic heterocycles. The Labute approximate surface area is 95.4 Å². The van der Waals surface area contributed by atoms with Crippen LogP contribution in [-0.2, 0) is 0 Å². The molecule has 0 aliphatic heterocycles. The van der Waals surface area contributed by atoms with Gasteiger partial charge in [-0.05, 0) is 24.0 Å². The fraction of sp³-hybridized carbons (Fsp3) is 0.400. The van der Waals surface area contributed by atoms with Gasteiger partial charge in [0.25, 0.3) is 0 Å². The molecule has 0 spiro atoms. The fourth-order valence-electron chi connectivity index (χ4n) is 1.17. The summed E-state index contributed by atoms with van der Waals surface area (Å²) in [6, 6.07) is 5.36. The normalized spacial score (nSPS) is 13.6. The third-order valence-corrected chi connectivity index (χ3v) is 2.45. The van der Waals surface area contributed by atoms with Crippen molar-refractivity contribution in [3.63, 3.8) is 0 Å². The molecule has 0 aliphatic carbocycles. The number of benzene rings is 1. The zero-order valence-electron chi connectivity index (χ0n) is 8.49. The predicted octanol–water partition coefficient (Wildman–Crippen LogP) is 2.98. The van der Waals surface area contributed by atoms with Gasteiger partial charge in [0.2, 0.25) is 0 Å². The lowest BCUT2D eigenvalue weighted by atomic mass is 10.1. The predicted molar refractivity (Wildman–Crippen MR) is 56.5 cm³/mol. The molecule has 16 heavy (non-hydrogen) atoms. The molecule has 0 aliphatic rings. The van der Waals surface area contributed by atoms with Crippen LogP contribution in [0.25, 0.3) is 0 Å². The van der Waals surface area contributed by atoms with E-state index in [9.17, 15) is 18.3 Å². The van der Waals surface area contributed by atoms with E-state index in [0.29, 0.717) is 11.3 Å². The van der Waals surface area contributed by atoms with E-state index in [-0.39, 0.29) is 5.75 Å². The SMILES string of the molecule is CSCC(O)c1cccc(OC(F)(F)F)c1. The van der Waals surface area contributed by atoms with Gasteiger partial charge < -0.3 is 9.84 Å². The average Bonchev–Trinajstić information content (AvgIpc) is 2.16. The molecule has 0 amide bonds. The monoisotopic (exact) mass is 252 g/mol. The average molecular weight is 252 g/mol. The summed E-state index contributed by atoms with van der Waals surface area (Å²) in [5.41, 5.74) is 0.413. The second-order valence-electron chi connectivity index (χ2n) is 3.09. The van der Waals surface area contributed by atoms with E-state index < -0.39 is 12.5 Å². The van der Waals surface area contributed by atoms with E-state index in [4.69, 9.17) is 0 Å². The van der Waals surface area contributed by atoms with E-state index >= 15 is 0 Å². The highest BCUT2D eigenvalue weighted by Gasteiger charge is 2.31. The minimum atomic E-state index is -4.71. The number of alkyl halides is 3. The Morgan fingerprint density at radius 3 is 2.69 bits per heavy atom. The summed E-state index contributed by atoms with van der Waals surface area (Å²) in [6.07, 6.45) is -3.69. The molecule has 1 rings (SSSR count). The van der Waals surface area contributed by atoms with Crippen LogP contribution in [0.15, 0.2) is 24.3 Å². The van der Waals surface area contributed by atoms with Gasteiger partial charge in [-0.3, -0.25) is 0 Å². The molecule has 0 heterocycles. The summed E-state index contributed by atoms with van der Waals surface area (Å²) in [7, 11) is 0. The lowest BCUT2D eigenvalue weighted by molar-refractivity contribution is -0.274. The Hall–Kier alpha value is -0.880. The van der Waals surface area contributed by atoms with Crippen LogP contribution in [0.2, 0.25) is 0 Å². The van der Waals surface area contributed by atoms with Gasteiger partial charge in [0.15, 0.2) is 0 Å². The van der Waals surface area contributed by atoms with Crippen LogP contribution in [0.1, 0.15) is 11.7 Å². The van der Waals surface area contributed by atoms with Crippen molar-refractivity contribution >= 4 is 11.8 Å². The minimum absolute atomic E-state index is 0.315. The zero-order valence-corrected chi connectivity index (χ0v) is 9.31. The third kappa shape index (κ3) is 4.32. The van der Waals surface area contributed by atoms with Crippen LogP contribution >= 0.6 is 11.8 Å². The Balaban J connectivity index is 2.78. The van der Waals surface area contributed by atoms with Crippen molar-refractivity contribution in [1.29, 1.82) is 0 Å². The molecule has 0 radical (unpaired) electrons. The van der Waals surface area contributed by atoms with Crippen molar-refractivity contribution in [3.05, 3.63) is 29.8 Å². The maximum absolute atomic E-state index is 11.9. The molecular weight excluding hydrogens is 241 g/mol. The maximum atomic E-state index is 11.9. The summed E-state index contributed by atoms with van der Waals surface area (Å²) in [6.45, 7) is 0.